The maximum Gasteiger partial charge on any atom is 0.133 e. The molecule has 2 nitrogen and oxygen atoms in total. The summed E-state index contributed by atoms with van der Waals surface area (Å²) in [6.07, 6.45) is 0.774. The summed E-state index contributed by atoms with van der Waals surface area (Å²) in [5, 5.41) is 3.69. The summed E-state index contributed by atoms with van der Waals surface area (Å²) < 4.78 is 6.52. The number of thiazole rings is 1. The summed E-state index contributed by atoms with van der Waals surface area (Å²) in [5.41, 5.74) is 0.921. The van der Waals surface area contributed by atoms with Crippen LogP contribution in [-0.2, 0) is 12.3 Å². The molecular formula is C12H10BrCl2NOS. The van der Waals surface area contributed by atoms with Gasteiger partial charge in [0.2, 0.25) is 0 Å². The molecule has 6 heteroatoms. The molecular weight excluding hydrogens is 357 g/mol. The minimum Gasteiger partial charge on any atom is -0.492 e. The fraction of sp³-hybridized carbons (Fsp3) is 0.250. The van der Waals surface area contributed by atoms with Gasteiger partial charge in [0.15, 0.2) is 0 Å². The number of halogens is 3. The molecule has 0 atom stereocenters. The molecule has 0 N–H and O–H groups in total. The standard InChI is InChI=1S/C12H10BrCl2NOS/c13-10-5-8(15)1-2-11(10)17-4-3-12-16-9(6-14)7-18-12/h1-2,5,7H,3-4,6H2. The number of aromatic nitrogens is 1. The van der Waals surface area contributed by atoms with Gasteiger partial charge in [-0.1, -0.05) is 11.6 Å². The highest BCUT2D eigenvalue weighted by molar-refractivity contribution is 9.10. The van der Waals surface area contributed by atoms with Crippen molar-refractivity contribution >= 4 is 50.5 Å². The molecule has 1 heterocycles. The van der Waals surface area contributed by atoms with Gasteiger partial charge in [0.25, 0.3) is 0 Å². The summed E-state index contributed by atoms with van der Waals surface area (Å²) >= 11 is 16.6. The van der Waals surface area contributed by atoms with Gasteiger partial charge in [-0.3, -0.25) is 0 Å². The molecule has 96 valence electrons. The zero-order valence-electron chi connectivity index (χ0n) is 9.33. The number of hydrogen-bond donors (Lipinski definition) is 0. The van der Waals surface area contributed by atoms with Gasteiger partial charge >= 0.3 is 0 Å². The van der Waals surface area contributed by atoms with Crippen LogP contribution in [0, 0.1) is 0 Å². The maximum atomic E-state index is 5.86. The molecule has 0 unspecified atom stereocenters. The van der Waals surface area contributed by atoms with Crippen LogP contribution in [0.4, 0.5) is 0 Å². The van der Waals surface area contributed by atoms with Crippen molar-refractivity contribution in [3.8, 4) is 5.75 Å². The van der Waals surface area contributed by atoms with Crippen LogP contribution in [0.25, 0.3) is 0 Å². The van der Waals surface area contributed by atoms with E-state index in [2.05, 4.69) is 20.9 Å². The van der Waals surface area contributed by atoms with E-state index in [4.69, 9.17) is 27.9 Å². The number of nitrogens with zero attached hydrogens (tertiary/aromatic N) is 1. The highest BCUT2D eigenvalue weighted by Crippen LogP contribution is 2.28. The summed E-state index contributed by atoms with van der Waals surface area (Å²) in [7, 11) is 0. The molecule has 1 aromatic heterocycles. The smallest absolute Gasteiger partial charge is 0.133 e. The molecule has 0 aliphatic carbocycles. The normalized spacial score (nSPS) is 10.6. The fourth-order valence-corrected chi connectivity index (χ4v) is 3.17. The quantitative estimate of drug-likeness (QED) is 0.700. The van der Waals surface area contributed by atoms with Crippen LogP contribution in [0.5, 0.6) is 5.75 Å². The Morgan fingerprint density at radius 2 is 2.22 bits per heavy atom. The van der Waals surface area contributed by atoms with Crippen LogP contribution in [-0.4, -0.2) is 11.6 Å². The zero-order valence-corrected chi connectivity index (χ0v) is 13.2. The number of benzene rings is 1. The molecule has 0 amide bonds. The van der Waals surface area contributed by atoms with Crippen molar-refractivity contribution in [3.63, 3.8) is 0 Å². The van der Waals surface area contributed by atoms with E-state index in [1.807, 2.05) is 17.5 Å². The van der Waals surface area contributed by atoms with Crippen LogP contribution in [0.2, 0.25) is 5.02 Å². The third kappa shape index (κ3) is 3.85. The second-order valence-electron chi connectivity index (χ2n) is 3.54. The molecule has 0 fully saturated rings. The largest absolute Gasteiger partial charge is 0.492 e. The van der Waals surface area contributed by atoms with Gasteiger partial charge < -0.3 is 4.74 Å². The van der Waals surface area contributed by atoms with Crippen LogP contribution < -0.4 is 4.74 Å². The van der Waals surface area contributed by atoms with Gasteiger partial charge in [-0.25, -0.2) is 4.98 Å². The Labute approximate surface area is 128 Å². The second-order valence-corrected chi connectivity index (χ2v) is 6.04. The Morgan fingerprint density at radius 3 is 2.89 bits per heavy atom. The average Bonchev–Trinajstić information content (AvgIpc) is 2.80. The molecule has 2 rings (SSSR count). The highest BCUT2D eigenvalue weighted by atomic mass is 79.9. The summed E-state index contributed by atoms with van der Waals surface area (Å²) in [6.45, 7) is 0.579. The van der Waals surface area contributed by atoms with E-state index in [0.717, 1.165) is 27.3 Å². The SMILES string of the molecule is ClCc1csc(CCOc2ccc(Cl)cc2Br)n1. The van der Waals surface area contributed by atoms with Gasteiger partial charge in [0, 0.05) is 16.8 Å². The van der Waals surface area contributed by atoms with Gasteiger partial charge in [0.05, 0.1) is 27.7 Å². The summed E-state index contributed by atoms with van der Waals surface area (Å²) in [6, 6.07) is 5.46. The van der Waals surface area contributed by atoms with Crippen LogP contribution in [0.15, 0.2) is 28.1 Å². The number of alkyl halides is 1. The number of hydrogen-bond acceptors (Lipinski definition) is 3. The minimum absolute atomic E-state index is 0.458. The van der Waals surface area contributed by atoms with E-state index < -0.39 is 0 Å². The van der Waals surface area contributed by atoms with E-state index in [-0.39, 0.29) is 0 Å². The lowest BCUT2D eigenvalue weighted by Crippen LogP contribution is -2.01. The molecule has 0 saturated carbocycles. The van der Waals surface area contributed by atoms with Crippen molar-refractivity contribution in [2.75, 3.05) is 6.61 Å². The third-order valence-corrected chi connectivity index (χ3v) is 4.29. The van der Waals surface area contributed by atoms with Crippen LogP contribution >= 0.6 is 50.5 Å². The first-order valence-electron chi connectivity index (χ1n) is 5.26. The number of rotatable bonds is 5. The Bertz CT molecular complexity index is 533. The Morgan fingerprint density at radius 1 is 1.39 bits per heavy atom. The van der Waals surface area contributed by atoms with Crippen molar-refractivity contribution in [2.45, 2.75) is 12.3 Å². The highest BCUT2D eigenvalue weighted by Gasteiger charge is 2.04. The van der Waals surface area contributed by atoms with Crippen molar-refractivity contribution < 1.29 is 4.74 Å². The van der Waals surface area contributed by atoms with Gasteiger partial charge in [-0.2, -0.15) is 0 Å². The Kier molecular flexibility index (Phi) is 5.30. The molecule has 0 aliphatic heterocycles. The molecule has 0 bridgehead atoms. The summed E-state index contributed by atoms with van der Waals surface area (Å²) in [4.78, 5) is 4.37. The predicted octanol–water partition coefficient (Wildman–Crippen LogP) is 4.92. The predicted molar refractivity (Wildman–Crippen MR) is 80.0 cm³/mol. The molecule has 0 aliphatic rings. The first kappa shape index (κ1) is 14.1. The third-order valence-electron chi connectivity index (χ3n) is 2.20. The fourth-order valence-electron chi connectivity index (χ4n) is 1.37. The second kappa shape index (κ2) is 6.75. The van der Waals surface area contributed by atoms with E-state index in [1.165, 1.54) is 0 Å². The Balaban J connectivity index is 1.88. The van der Waals surface area contributed by atoms with Crippen molar-refractivity contribution in [1.82, 2.24) is 4.98 Å². The number of ether oxygens (including phenoxy) is 1. The minimum atomic E-state index is 0.458. The molecule has 0 spiro atoms. The van der Waals surface area contributed by atoms with Crippen molar-refractivity contribution in [1.29, 1.82) is 0 Å². The zero-order chi connectivity index (χ0) is 13.0. The van der Waals surface area contributed by atoms with Crippen molar-refractivity contribution in [3.05, 3.63) is 43.8 Å². The Hall–Kier alpha value is -0.290. The molecule has 0 radical (unpaired) electrons. The topological polar surface area (TPSA) is 22.1 Å². The lowest BCUT2D eigenvalue weighted by molar-refractivity contribution is 0.320. The maximum absolute atomic E-state index is 5.86. The van der Waals surface area contributed by atoms with Crippen LogP contribution in [0.1, 0.15) is 10.7 Å². The molecule has 1 aromatic carbocycles. The van der Waals surface area contributed by atoms with Crippen molar-refractivity contribution in [2.24, 2.45) is 0 Å². The monoisotopic (exact) mass is 365 g/mol. The average molecular weight is 367 g/mol. The first-order valence-corrected chi connectivity index (χ1v) is 7.84. The van der Waals surface area contributed by atoms with Crippen LogP contribution in [0.3, 0.4) is 0 Å². The molecule has 2 aromatic rings. The van der Waals surface area contributed by atoms with Gasteiger partial charge in [-0.15, -0.1) is 22.9 Å². The van der Waals surface area contributed by atoms with Gasteiger partial charge in [0.1, 0.15) is 5.75 Å². The summed E-state index contributed by atoms with van der Waals surface area (Å²) in [5.74, 6) is 1.24. The molecule has 0 saturated heterocycles. The van der Waals surface area contributed by atoms with E-state index >= 15 is 0 Å². The van der Waals surface area contributed by atoms with E-state index in [9.17, 15) is 0 Å². The van der Waals surface area contributed by atoms with E-state index in [0.29, 0.717) is 17.5 Å². The van der Waals surface area contributed by atoms with Gasteiger partial charge in [-0.05, 0) is 34.1 Å². The lowest BCUT2D eigenvalue weighted by Gasteiger charge is -2.07. The lowest BCUT2D eigenvalue weighted by atomic mass is 10.3. The van der Waals surface area contributed by atoms with E-state index in [1.54, 1.807) is 17.4 Å². The first-order chi connectivity index (χ1) is 8.69. The molecule has 18 heavy (non-hydrogen) atoms.